The molecule has 1 aromatic carbocycles. The van der Waals surface area contributed by atoms with Crippen molar-refractivity contribution in [1.29, 1.82) is 0 Å². The summed E-state index contributed by atoms with van der Waals surface area (Å²) < 4.78 is 2.05. The Balaban J connectivity index is 1.58. The molecule has 3 aromatic heterocycles. The van der Waals surface area contributed by atoms with Crippen LogP contribution in [0.3, 0.4) is 0 Å². The number of nitrogens with zero attached hydrogens (tertiary/aromatic N) is 4. The van der Waals surface area contributed by atoms with E-state index in [-0.39, 0.29) is 11.7 Å². The summed E-state index contributed by atoms with van der Waals surface area (Å²) in [5, 5.41) is 12.8. The SMILES string of the molecule is C=CCn1c2ccccc2c2nnc(SCC(=O)Nc3cccc[nH+]3)nc21. The molecule has 1 amide bonds. The Kier molecular flexibility index (Phi) is 4.80. The fraction of sp³-hybridized carbons (Fsp3) is 0.105. The van der Waals surface area contributed by atoms with Crippen LogP contribution >= 0.6 is 11.8 Å². The van der Waals surface area contributed by atoms with Gasteiger partial charge in [0.2, 0.25) is 5.16 Å². The Morgan fingerprint density at radius 2 is 2.07 bits per heavy atom. The van der Waals surface area contributed by atoms with Crippen molar-refractivity contribution in [1.82, 2.24) is 19.7 Å². The van der Waals surface area contributed by atoms with E-state index in [4.69, 9.17) is 0 Å². The van der Waals surface area contributed by atoms with Gasteiger partial charge in [0.15, 0.2) is 5.65 Å². The number of hydrogen-bond acceptors (Lipinski definition) is 5. The number of fused-ring (bicyclic) bond motifs is 3. The van der Waals surface area contributed by atoms with Crippen molar-refractivity contribution in [2.45, 2.75) is 11.7 Å². The maximum absolute atomic E-state index is 12.1. The summed E-state index contributed by atoms with van der Waals surface area (Å²) in [5.41, 5.74) is 2.53. The minimum atomic E-state index is -0.141. The van der Waals surface area contributed by atoms with Gasteiger partial charge in [-0.05, 0) is 12.1 Å². The van der Waals surface area contributed by atoms with Crippen LogP contribution in [0.1, 0.15) is 0 Å². The van der Waals surface area contributed by atoms with Gasteiger partial charge in [0.25, 0.3) is 5.82 Å². The lowest BCUT2D eigenvalue weighted by molar-refractivity contribution is -0.360. The summed E-state index contributed by atoms with van der Waals surface area (Å²) in [5.74, 6) is 0.693. The van der Waals surface area contributed by atoms with Crippen LogP contribution in [0, 0.1) is 0 Å². The molecule has 0 aliphatic rings. The summed E-state index contributed by atoms with van der Waals surface area (Å²) >= 11 is 1.25. The topological polar surface area (TPSA) is 86.8 Å². The molecule has 0 aliphatic carbocycles. The lowest BCUT2D eigenvalue weighted by atomic mass is 10.2. The molecule has 7 nitrogen and oxygen atoms in total. The standard InChI is InChI=1S/C19H16N6OS/c1-2-11-25-14-8-4-3-7-13(14)17-18(25)22-19(24-23-17)27-12-16(26)21-15-9-5-6-10-20-15/h2-10H,1,11-12H2,(H,20,21,26)/p+1. The molecule has 0 bridgehead atoms. The van der Waals surface area contributed by atoms with Gasteiger partial charge in [-0.3, -0.25) is 0 Å². The van der Waals surface area contributed by atoms with Gasteiger partial charge in [0.05, 0.1) is 11.7 Å². The summed E-state index contributed by atoms with van der Waals surface area (Å²) in [6, 6.07) is 13.5. The summed E-state index contributed by atoms with van der Waals surface area (Å²) in [7, 11) is 0. The predicted octanol–water partition coefficient (Wildman–Crippen LogP) is 2.71. The predicted molar refractivity (Wildman–Crippen MR) is 105 cm³/mol. The van der Waals surface area contributed by atoms with E-state index in [1.54, 1.807) is 12.3 Å². The van der Waals surface area contributed by atoms with E-state index in [2.05, 4.69) is 36.6 Å². The minimum Gasteiger partial charge on any atom is -0.320 e. The van der Waals surface area contributed by atoms with E-state index in [0.717, 1.165) is 22.1 Å². The lowest BCUT2D eigenvalue weighted by Gasteiger charge is -2.03. The Morgan fingerprint density at radius 3 is 2.89 bits per heavy atom. The zero-order valence-corrected chi connectivity index (χ0v) is 15.2. The van der Waals surface area contributed by atoms with Gasteiger partial charge in [0.1, 0.15) is 11.3 Å². The molecule has 134 valence electrons. The fourth-order valence-corrected chi connectivity index (χ4v) is 3.43. The first-order valence-electron chi connectivity index (χ1n) is 8.38. The van der Waals surface area contributed by atoms with Gasteiger partial charge in [-0.1, -0.05) is 42.1 Å². The highest BCUT2D eigenvalue weighted by atomic mass is 32.2. The van der Waals surface area contributed by atoms with Crippen LogP contribution in [0.2, 0.25) is 0 Å². The molecule has 0 fully saturated rings. The van der Waals surface area contributed by atoms with Crippen LogP contribution in [0.4, 0.5) is 5.82 Å². The highest BCUT2D eigenvalue weighted by Gasteiger charge is 2.16. The number of hydrogen-bond donors (Lipinski definition) is 1. The zero-order chi connectivity index (χ0) is 18.6. The number of para-hydroxylation sites is 1. The van der Waals surface area contributed by atoms with Crippen LogP contribution in [-0.4, -0.2) is 31.4 Å². The van der Waals surface area contributed by atoms with Gasteiger partial charge < -0.3 is 4.57 Å². The largest absolute Gasteiger partial charge is 0.320 e. The quantitative estimate of drug-likeness (QED) is 0.412. The third-order valence-corrected chi connectivity index (χ3v) is 4.82. The van der Waals surface area contributed by atoms with Gasteiger partial charge >= 0.3 is 5.91 Å². The molecule has 8 heteroatoms. The van der Waals surface area contributed by atoms with Gasteiger partial charge in [-0.25, -0.2) is 20.1 Å². The van der Waals surface area contributed by atoms with E-state index in [1.165, 1.54) is 11.8 Å². The Morgan fingerprint density at radius 1 is 1.22 bits per heavy atom. The molecular formula is C19H17N6OS+. The molecule has 3 heterocycles. The van der Waals surface area contributed by atoms with Crippen LogP contribution in [0.15, 0.2) is 66.5 Å². The molecular weight excluding hydrogens is 360 g/mol. The Bertz CT molecular complexity index is 1130. The molecule has 0 spiro atoms. The van der Waals surface area contributed by atoms with E-state index in [1.807, 2.05) is 42.5 Å². The molecule has 0 aliphatic heterocycles. The fourth-order valence-electron chi connectivity index (χ4n) is 2.85. The number of thioether (sulfide) groups is 1. The van der Waals surface area contributed by atoms with Crippen LogP contribution in [0.5, 0.6) is 0 Å². The number of rotatable bonds is 6. The van der Waals surface area contributed by atoms with Crippen molar-refractivity contribution in [3.63, 3.8) is 0 Å². The Hall–Kier alpha value is -3.26. The second-order valence-electron chi connectivity index (χ2n) is 5.80. The number of carbonyl (C=O) groups excluding carboxylic acids is 1. The number of amides is 1. The molecule has 0 saturated heterocycles. The van der Waals surface area contributed by atoms with Crippen molar-refractivity contribution in [3.8, 4) is 0 Å². The lowest BCUT2D eigenvalue weighted by Crippen LogP contribution is -2.20. The molecule has 0 unspecified atom stereocenters. The molecule has 0 atom stereocenters. The summed E-state index contributed by atoms with van der Waals surface area (Å²) in [6.07, 6.45) is 3.58. The Labute approximate surface area is 159 Å². The second kappa shape index (κ2) is 7.55. The zero-order valence-electron chi connectivity index (χ0n) is 14.4. The maximum atomic E-state index is 12.1. The first kappa shape index (κ1) is 17.2. The molecule has 2 N–H and O–H groups in total. The van der Waals surface area contributed by atoms with Gasteiger partial charge in [-0.2, -0.15) is 0 Å². The molecule has 4 rings (SSSR count). The van der Waals surface area contributed by atoms with Crippen molar-refractivity contribution in [3.05, 3.63) is 61.3 Å². The van der Waals surface area contributed by atoms with Crippen LogP contribution in [-0.2, 0) is 11.3 Å². The second-order valence-corrected chi connectivity index (χ2v) is 6.74. The van der Waals surface area contributed by atoms with Crippen LogP contribution in [0.25, 0.3) is 22.1 Å². The van der Waals surface area contributed by atoms with Crippen molar-refractivity contribution in [2.75, 3.05) is 11.1 Å². The average molecular weight is 377 g/mol. The summed E-state index contributed by atoms with van der Waals surface area (Å²) in [6.45, 7) is 4.45. The third-order valence-electron chi connectivity index (χ3n) is 3.98. The number of allylic oxidation sites excluding steroid dienone is 1. The van der Waals surface area contributed by atoms with Gasteiger partial charge in [0, 0.05) is 18.0 Å². The van der Waals surface area contributed by atoms with E-state index < -0.39 is 0 Å². The van der Waals surface area contributed by atoms with E-state index in [9.17, 15) is 4.79 Å². The number of nitrogens with one attached hydrogen (secondary N) is 2. The molecule has 4 aromatic rings. The van der Waals surface area contributed by atoms with E-state index in [0.29, 0.717) is 17.5 Å². The highest BCUT2D eigenvalue weighted by molar-refractivity contribution is 7.99. The monoisotopic (exact) mass is 377 g/mol. The van der Waals surface area contributed by atoms with Crippen molar-refractivity contribution < 1.29 is 9.78 Å². The number of carbonyl (C=O) groups is 1. The van der Waals surface area contributed by atoms with Crippen molar-refractivity contribution >= 4 is 45.6 Å². The number of benzene rings is 1. The summed E-state index contributed by atoms with van der Waals surface area (Å²) in [4.78, 5) is 19.7. The molecule has 0 saturated carbocycles. The first-order valence-corrected chi connectivity index (χ1v) is 9.37. The first-order chi connectivity index (χ1) is 13.3. The third kappa shape index (κ3) is 3.52. The minimum absolute atomic E-state index is 0.141. The molecule has 27 heavy (non-hydrogen) atoms. The van der Waals surface area contributed by atoms with Crippen molar-refractivity contribution in [2.24, 2.45) is 0 Å². The smallest absolute Gasteiger partial charge is 0.317 e. The van der Waals surface area contributed by atoms with Crippen LogP contribution < -0.4 is 10.3 Å². The van der Waals surface area contributed by atoms with Gasteiger partial charge in [-0.15, -0.1) is 16.8 Å². The normalized spacial score (nSPS) is 11.0. The maximum Gasteiger partial charge on any atom is 0.317 e. The number of anilines is 1. The molecule has 0 radical (unpaired) electrons. The van der Waals surface area contributed by atoms with E-state index >= 15 is 0 Å². The number of H-pyrrole nitrogens is 1. The number of aromatic nitrogens is 5. The highest BCUT2D eigenvalue weighted by Crippen LogP contribution is 2.27. The number of pyridine rings is 1. The number of aromatic amines is 1. The average Bonchev–Trinajstić information content (AvgIpc) is 3.01.